The van der Waals surface area contributed by atoms with Crippen molar-refractivity contribution < 1.29 is 29.6 Å². The summed E-state index contributed by atoms with van der Waals surface area (Å²) < 4.78 is 4.65. The number of hydrogen-bond acceptors (Lipinski definition) is 6. The average molecular weight is 345 g/mol. The molecule has 0 saturated carbocycles. The molecule has 0 aromatic heterocycles. The van der Waals surface area contributed by atoms with Crippen molar-refractivity contribution in [3.63, 3.8) is 0 Å². The molecule has 0 fully saturated rings. The van der Waals surface area contributed by atoms with Gasteiger partial charge >= 0.3 is 5.97 Å². The number of phenolic OH excluding ortho intramolecular Hbond substituents is 3. The molecule has 0 unspecified atom stereocenters. The summed E-state index contributed by atoms with van der Waals surface area (Å²) in [5.74, 6) is -2.28. The van der Waals surface area contributed by atoms with E-state index in [9.17, 15) is 24.9 Å². The van der Waals surface area contributed by atoms with Gasteiger partial charge < -0.3 is 25.4 Å². The second-order valence-electron chi connectivity index (χ2n) is 5.55. The van der Waals surface area contributed by atoms with Crippen molar-refractivity contribution >= 4 is 17.6 Å². The summed E-state index contributed by atoms with van der Waals surface area (Å²) in [5.41, 5.74) is 2.13. The number of anilines is 1. The predicted octanol–water partition coefficient (Wildman–Crippen LogP) is 2.47. The van der Waals surface area contributed by atoms with Crippen molar-refractivity contribution in [2.75, 3.05) is 12.4 Å². The fraction of sp³-hybridized carbons (Fsp3) is 0.222. The number of ether oxygens (including phenoxy) is 1. The van der Waals surface area contributed by atoms with Crippen molar-refractivity contribution in [3.8, 4) is 17.2 Å². The van der Waals surface area contributed by atoms with Crippen LogP contribution in [0.4, 0.5) is 5.69 Å². The van der Waals surface area contributed by atoms with E-state index < -0.39 is 23.2 Å². The fourth-order valence-electron chi connectivity index (χ4n) is 2.28. The molecule has 25 heavy (non-hydrogen) atoms. The molecule has 132 valence electrons. The van der Waals surface area contributed by atoms with Gasteiger partial charge in [0.25, 0.3) is 0 Å². The minimum atomic E-state index is -0.594. The highest BCUT2D eigenvalue weighted by atomic mass is 16.5. The van der Waals surface area contributed by atoms with E-state index >= 15 is 0 Å². The van der Waals surface area contributed by atoms with Gasteiger partial charge in [0.2, 0.25) is 5.91 Å². The predicted molar refractivity (Wildman–Crippen MR) is 90.9 cm³/mol. The fourth-order valence-corrected chi connectivity index (χ4v) is 2.28. The molecule has 1 amide bonds. The molecule has 0 aliphatic rings. The Morgan fingerprint density at radius 3 is 2.32 bits per heavy atom. The summed E-state index contributed by atoms with van der Waals surface area (Å²) in [6.07, 6.45) is 0.342. The Morgan fingerprint density at radius 1 is 1.08 bits per heavy atom. The van der Waals surface area contributed by atoms with Crippen LogP contribution in [0.2, 0.25) is 0 Å². The molecule has 7 heteroatoms. The monoisotopic (exact) mass is 345 g/mol. The lowest BCUT2D eigenvalue weighted by molar-refractivity contribution is -0.116. The first-order chi connectivity index (χ1) is 11.8. The molecule has 0 aliphatic heterocycles. The van der Waals surface area contributed by atoms with Crippen LogP contribution in [0.25, 0.3) is 0 Å². The molecule has 0 saturated heterocycles. The van der Waals surface area contributed by atoms with Gasteiger partial charge in [-0.15, -0.1) is 0 Å². The highest BCUT2D eigenvalue weighted by molar-refractivity contribution is 5.95. The summed E-state index contributed by atoms with van der Waals surface area (Å²) in [5, 5.41) is 31.0. The van der Waals surface area contributed by atoms with Crippen LogP contribution in [-0.4, -0.2) is 34.3 Å². The zero-order valence-corrected chi connectivity index (χ0v) is 13.9. The van der Waals surface area contributed by atoms with Crippen LogP contribution in [0, 0.1) is 6.92 Å². The van der Waals surface area contributed by atoms with E-state index in [1.807, 2.05) is 0 Å². The standard InChI is InChI=1S/C18H19NO6/c1-10-3-5-12(18(24)25-2)9-13(10)19-16(22)6-4-11-7-14(20)17(23)15(21)8-11/h3,5,7-9,20-21,23H,4,6H2,1-2H3,(H,19,22). The third-order valence-electron chi connectivity index (χ3n) is 3.70. The van der Waals surface area contributed by atoms with Gasteiger partial charge in [-0.25, -0.2) is 4.79 Å². The van der Waals surface area contributed by atoms with Crippen LogP contribution in [0.15, 0.2) is 30.3 Å². The molecular weight excluding hydrogens is 326 g/mol. The number of amides is 1. The summed E-state index contributed by atoms with van der Waals surface area (Å²) in [6, 6.07) is 7.42. The van der Waals surface area contributed by atoms with Crippen molar-refractivity contribution in [2.45, 2.75) is 19.8 Å². The lowest BCUT2D eigenvalue weighted by atomic mass is 10.1. The number of aryl methyl sites for hydroxylation is 2. The molecule has 0 bridgehead atoms. The Morgan fingerprint density at radius 2 is 1.72 bits per heavy atom. The highest BCUT2D eigenvalue weighted by Crippen LogP contribution is 2.35. The van der Waals surface area contributed by atoms with Crippen molar-refractivity contribution in [3.05, 3.63) is 47.0 Å². The molecule has 0 atom stereocenters. The number of carbonyl (C=O) groups excluding carboxylic acids is 2. The molecule has 7 nitrogen and oxygen atoms in total. The van der Waals surface area contributed by atoms with Crippen LogP contribution in [0.3, 0.4) is 0 Å². The third kappa shape index (κ3) is 4.41. The Kier molecular flexibility index (Phi) is 5.49. The Hall–Kier alpha value is -3.22. The van der Waals surface area contributed by atoms with Gasteiger partial charge in [-0.2, -0.15) is 0 Å². The lowest BCUT2D eigenvalue weighted by Crippen LogP contribution is -2.14. The van der Waals surface area contributed by atoms with E-state index in [0.29, 0.717) is 16.8 Å². The number of benzene rings is 2. The van der Waals surface area contributed by atoms with Crippen LogP contribution in [0.1, 0.15) is 27.9 Å². The molecule has 2 rings (SSSR count). The maximum atomic E-state index is 12.1. The molecule has 0 radical (unpaired) electrons. The van der Waals surface area contributed by atoms with E-state index in [1.165, 1.54) is 25.3 Å². The summed E-state index contributed by atoms with van der Waals surface area (Å²) in [4.78, 5) is 23.7. The number of nitrogens with one attached hydrogen (secondary N) is 1. The van der Waals surface area contributed by atoms with Gasteiger partial charge in [-0.3, -0.25) is 4.79 Å². The van der Waals surface area contributed by atoms with Crippen LogP contribution < -0.4 is 5.32 Å². The van der Waals surface area contributed by atoms with Crippen molar-refractivity contribution in [2.24, 2.45) is 0 Å². The van der Waals surface area contributed by atoms with Crippen molar-refractivity contribution in [1.29, 1.82) is 0 Å². The van der Waals surface area contributed by atoms with Crippen LogP contribution >= 0.6 is 0 Å². The van der Waals surface area contributed by atoms with E-state index in [-0.39, 0.29) is 18.7 Å². The normalized spacial score (nSPS) is 10.3. The number of phenols is 3. The number of methoxy groups -OCH3 is 1. The van der Waals surface area contributed by atoms with E-state index in [0.717, 1.165) is 5.56 Å². The number of esters is 1. The molecule has 2 aromatic rings. The van der Waals surface area contributed by atoms with Gasteiger partial charge in [-0.1, -0.05) is 6.07 Å². The Bertz CT molecular complexity index is 792. The van der Waals surface area contributed by atoms with E-state index in [2.05, 4.69) is 10.1 Å². The summed E-state index contributed by atoms with van der Waals surface area (Å²) in [7, 11) is 1.28. The Labute approximate surface area is 144 Å². The molecule has 0 spiro atoms. The second-order valence-corrected chi connectivity index (χ2v) is 5.55. The van der Waals surface area contributed by atoms with Crippen LogP contribution in [0.5, 0.6) is 17.2 Å². The number of carbonyl (C=O) groups is 2. The van der Waals surface area contributed by atoms with Gasteiger partial charge in [0, 0.05) is 12.1 Å². The first kappa shape index (κ1) is 18.1. The highest BCUT2D eigenvalue weighted by Gasteiger charge is 2.12. The molecule has 0 aliphatic carbocycles. The topological polar surface area (TPSA) is 116 Å². The zero-order valence-electron chi connectivity index (χ0n) is 13.9. The summed E-state index contributed by atoms with van der Waals surface area (Å²) in [6.45, 7) is 1.80. The van der Waals surface area contributed by atoms with Gasteiger partial charge in [0.05, 0.1) is 12.7 Å². The SMILES string of the molecule is COC(=O)c1ccc(C)c(NC(=O)CCc2cc(O)c(O)c(O)c2)c1. The first-order valence-electron chi connectivity index (χ1n) is 7.54. The molecular formula is C18H19NO6. The number of rotatable bonds is 5. The second kappa shape index (κ2) is 7.57. The minimum Gasteiger partial charge on any atom is -0.504 e. The Balaban J connectivity index is 2.04. The molecule has 4 N–H and O–H groups in total. The van der Waals surface area contributed by atoms with Gasteiger partial charge in [0.15, 0.2) is 17.2 Å². The lowest BCUT2D eigenvalue weighted by Gasteiger charge is -2.10. The molecule has 2 aromatic carbocycles. The van der Waals surface area contributed by atoms with E-state index in [1.54, 1.807) is 19.1 Å². The largest absolute Gasteiger partial charge is 0.504 e. The maximum Gasteiger partial charge on any atom is 0.337 e. The third-order valence-corrected chi connectivity index (χ3v) is 3.70. The number of aromatic hydroxyl groups is 3. The molecule has 0 heterocycles. The number of hydrogen-bond donors (Lipinski definition) is 4. The van der Waals surface area contributed by atoms with Crippen molar-refractivity contribution in [1.82, 2.24) is 0 Å². The maximum absolute atomic E-state index is 12.1. The smallest absolute Gasteiger partial charge is 0.337 e. The minimum absolute atomic E-state index is 0.0888. The van der Waals surface area contributed by atoms with E-state index in [4.69, 9.17) is 0 Å². The average Bonchev–Trinajstić information content (AvgIpc) is 2.58. The summed E-state index contributed by atoms with van der Waals surface area (Å²) >= 11 is 0. The van der Waals surface area contributed by atoms with Gasteiger partial charge in [-0.05, 0) is 48.7 Å². The zero-order chi connectivity index (χ0) is 18.6. The first-order valence-corrected chi connectivity index (χ1v) is 7.54. The van der Waals surface area contributed by atoms with Crippen LogP contribution in [-0.2, 0) is 16.0 Å². The quantitative estimate of drug-likeness (QED) is 0.489. The van der Waals surface area contributed by atoms with Gasteiger partial charge in [0.1, 0.15) is 0 Å².